The number of phenolic OH excluding ortho intramolecular Hbond substituents is 1. The van der Waals surface area contributed by atoms with Crippen molar-refractivity contribution in [2.45, 2.75) is 10.9 Å². The SMILES string of the molecule is N/N=C(/c1ccnc(SCc2ccccc2)n1)c1ccccc1O. The van der Waals surface area contributed by atoms with E-state index in [0.29, 0.717) is 22.1 Å². The van der Waals surface area contributed by atoms with Gasteiger partial charge in [-0.15, -0.1) is 0 Å². The summed E-state index contributed by atoms with van der Waals surface area (Å²) in [6.45, 7) is 0. The molecule has 120 valence electrons. The number of nitrogens with two attached hydrogens (primary N) is 1. The average Bonchev–Trinajstić information content (AvgIpc) is 2.63. The van der Waals surface area contributed by atoms with Gasteiger partial charge >= 0.3 is 0 Å². The molecule has 24 heavy (non-hydrogen) atoms. The Hall–Kier alpha value is -2.86. The Morgan fingerprint density at radius 3 is 2.54 bits per heavy atom. The van der Waals surface area contributed by atoms with Crippen molar-refractivity contribution in [1.82, 2.24) is 9.97 Å². The molecular weight excluding hydrogens is 320 g/mol. The molecule has 0 unspecified atom stereocenters. The van der Waals surface area contributed by atoms with Gasteiger partial charge in [0.2, 0.25) is 0 Å². The first-order valence-electron chi connectivity index (χ1n) is 7.34. The van der Waals surface area contributed by atoms with E-state index in [1.807, 2.05) is 24.3 Å². The van der Waals surface area contributed by atoms with Gasteiger partial charge < -0.3 is 10.9 Å². The smallest absolute Gasteiger partial charge is 0.188 e. The molecule has 0 aliphatic rings. The molecule has 0 fully saturated rings. The fourth-order valence-corrected chi connectivity index (χ4v) is 3.00. The summed E-state index contributed by atoms with van der Waals surface area (Å²) >= 11 is 1.53. The van der Waals surface area contributed by atoms with Crippen LogP contribution in [0.1, 0.15) is 16.8 Å². The number of phenols is 1. The van der Waals surface area contributed by atoms with Crippen LogP contribution in [0.25, 0.3) is 0 Å². The lowest BCUT2D eigenvalue weighted by Gasteiger charge is -2.08. The Morgan fingerprint density at radius 1 is 1.04 bits per heavy atom. The van der Waals surface area contributed by atoms with Gasteiger partial charge in [0, 0.05) is 17.5 Å². The van der Waals surface area contributed by atoms with E-state index in [1.165, 1.54) is 17.3 Å². The summed E-state index contributed by atoms with van der Waals surface area (Å²) in [5, 5.41) is 14.4. The van der Waals surface area contributed by atoms with Crippen molar-refractivity contribution in [1.29, 1.82) is 0 Å². The Kier molecular flexibility index (Phi) is 5.08. The van der Waals surface area contributed by atoms with Crippen LogP contribution in [0.2, 0.25) is 0 Å². The van der Waals surface area contributed by atoms with Crippen LogP contribution in [0.5, 0.6) is 5.75 Å². The summed E-state index contributed by atoms with van der Waals surface area (Å²) in [6.07, 6.45) is 1.67. The normalized spacial score (nSPS) is 11.4. The number of hydrogen-bond acceptors (Lipinski definition) is 6. The number of aromatic nitrogens is 2. The third-order valence-corrected chi connectivity index (χ3v) is 4.31. The molecule has 0 amide bonds. The molecular formula is C18H16N4OS. The largest absolute Gasteiger partial charge is 0.507 e. The van der Waals surface area contributed by atoms with Crippen molar-refractivity contribution in [2.75, 3.05) is 0 Å². The van der Waals surface area contributed by atoms with Gasteiger partial charge in [-0.2, -0.15) is 5.10 Å². The maximum atomic E-state index is 10.0. The molecule has 0 spiro atoms. The lowest BCUT2D eigenvalue weighted by atomic mass is 10.1. The summed E-state index contributed by atoms with van der Waals surface area (Å²) < 4.78 is 0. The molecule has 0 radical (unpaired) electrons. The second kappa shape index (κ2) is 7.61. The van der Waals surface area contributed by atoms with Crippen LogP contribution >= 0.6 is 11.8 Å². The van der Waals surface area contributed by atoms with Gasteiger partial charge in [0.05, 0.1) is 5.69 Å². The minimum absolute atomic E-state index is 0.110. The van der Waals surface area contributed by atoms with Gasteiger partial charge in [0.25, 0.3) is 0 Å². The number of rotatable bonds is 5. The first-order chi connectivity index (χ1) is 11.8. The quantitative estimate of drug-likeness (QED) is 0.246. The number of para-hydroxylation sites is 1. The van der Waals surface area contributed by atoms with E-state index >= 15 is 0 Å². The minimum Gasteiger partial charge on any atom is -0.507 e. The lowest BCUT2D eigenvalue weighted by Crippen LogP contribution is -2.10. The van der Waals surface area contributed by atoms with E-state index in [4.69, 9.17) is 5.84 Å². The predicted molar refractivity (Wildman–Crippen MR) is 96.0 cm³/mol. The highest BCUT2D eigenvalue weighted by molar-refractivity contribution is 7.98. The molecule has 0 saturated carbocycles. The number of hydrazone groups is 1. The third-order valence-electron chi connectivity index (χ3n) is 3.38. The van der Waals surface area contributed by atoms with Crippen LogP contribution in [0.15, 0.2) is 77.1 Å². The van der Waals surface area contributed by atoms with Crippen molar-refractivity contribution < 1.29 is 5.11 Å². The summed E-state index contributed by atoms with van der Waals surface area (Å²) in [4.78, 5) is 8.79. The van der Waals surface area contributed by atoms with E-state index in [-0.39, 0.29) is 5.75 Å². The van der Waals surface area contributed by atoms with Crippen LogP contribution < -0.4 is 5.84 Å². The Balaban J connectivity index is 1.83. The molecule has 1 heterocycles. The van der Waals surface area contributed by atoms with Gasteiger partial charge in [0.1, 0.15) is 11.5 Å². The average molecular weight is 336 g/mol. The highest BCUT2D eigenvalue weighted by Gasteiger charge is 2.13. The molecule has 6 heteroatoms. The zero-order valence-corrected chi connectivity index (χ0v) is 13.6. The van der Waals surface area contributed by atoms with Crippen molar-refractivity contribution in [3.63, 3.8) is 0 Å². The van der Waals surface area contributed by atoms with Crippen molar-refractivity contribution >= 4 is 17.5 Å². The molecule has 3 aromatic rings. The molecule has 3 N–H and O–H groups in total. The topological polar surface area (TPSA) is 84.4 Å². The van der Waals surface area contributed by atoms with E-state index in [0.717, 1.165) is 5.75 Å². The van der Waals surface area contributed by atoms with E-state index < -0.39 is 0 Å². The van der Waals surface area contributed by atoms with E-state index in [9.17, 15) is 5.11 Å². The van der Waals surface area contributed by atoms with Crippen LogP contribution in [-0.4, -0.2) is 20.8 Å². The minimum atomic E-state index is 0.110. The molecule has 1 aromatic heterocycles. The molecule has 2 aromatic carbocycles. The van der Waals surface area contributed by atoms with Gasteiger partial charge in [0.15, 0.2) is 5.16 Å². The number of thioether (sulfide) groups is 1. The summed E-state index contributed by atoms with van der Waals surface area (Å²) in [5.41, 5.74) is 2.74. The Labute approximate surface area is 144 Å². The summed E-state index contributed by atoms with van der Waals surface area (Å²) in [5.74, 6) is 6.41. The van der Waals surface area contributed by atoms with Gasteiger partial charge in [-0.1, -0.05) is 54.2 Å². The van der Waals surface area contributed by atoms with Gasteiger partial charge in [-0.05, 0) is 23.8 Å². The van der Waals surface area contributed by atoms with Gasteiger partial charge in [-0.25, -0.2) is 9.97 Å². The van der Waals surface area contributed by atoms with Crippen LogP contribution in [0.3, 0.4) is 0 Å². The zero-order chi connectivity index (χ0) is 16.8. The third kappa shape index (κ3) is 3.72. The molecule has 5 nitrogen and oxygen atoms in total. The van der Waals surface area contributed by atoms with Crippen molar-refractivity contribution in [3.8, 4) is 5.75 Å². The second-order valence-electron chi connectivity index (χ2n) is 4.99. The highest BCUT2D eigenvalue weighted by Crippen LogP contribution is 2.22. The first kappa shape index (κ1) is 16.0. The summed E-state index contributed by atoms with van der Waals surface area (Å²) in [7, 11) is 0. The molecule has 0 bridgehead atoms. The second-order valence-corrected chi connectivity index (χ2v) is 5.94. The molecule has 3 rings (SSSR count). The molecule has 0 aliphatic carbocycles. The monoisotopic (exact) mass is 336 g/mol. The van der Waals surface area contributed by atoms with Crippen LogP contribution in [0.4, 0.5) is 0 Å². The van der Waals surface area contributed by atoms with Crippen LogP contribution in [0, 0.1) is 0 Å². The van der Waals surface area contributed by atoms with Crippen molar-refractivity contribution in [2.24, 2.45) is 10.9 Å². The number of aromatic hydroxyl groups is 1. The number of hydrogen-bond donors (Lipinski definition) is 2. The maximum Gasteiger partial charge on any atom is 0.188 e. The standard InChI is InChI=1S/C18H16N4OS/c19-22-17(14-8-4-5-9-16(14)23)15-10-11-20-18(21-15)24-12-13-6-2-1-3-7-13/h1-11,23H,12,19H2/b22-17+. The fraction of sp³-hybridized carbons (Fsp3) is 0.0556. The fourth-order valence-electron chi connectivity index (χ4n) is 2.21. The predicted octanol–water partition coefficient (Wildman–Crippen LogP) is 3.19. The van der Waals surface area contributed by atoms with Crippen molar-refractivity contribution in [3.05, 3.63) is 83.7 Å². The zero-order valence-electron chi connectivity index (χ0n) is 12.8. The van der Waals surface area contributed by atoms with Gasteiger partial charge in [-0.3, -0.25) is 0 Å². The summed E-state index contributed by atoms with van der Waals surface area (Å²) in [6, 6.07) is 18.7. The molecule has 0 atom stereocenters. The van der Waals surface area contributed by atoms with Crippen LogP contribution in [-0.2, 0) is 5.75 Å². The lowest BCUT2D eigenvalue weighted by molar-refractivity contribution is 0.474. The Bertz CT molecular complexity index is 852. The highest BCUT2D eigenvalue weighted by atomic mass is 32.2. The van der Waals surface area contributed by atoms with E-state index in [2.05, 4.69) is 27.2 Å². The van der Waals surface area contributed by atoms with E-state index in [1.54, 1.807) is 30.5 Å². The first-order valence-corrected chi connectivity index (χ1v) is 8.33. The molecule has 0 saturated heterocycles. The number of benzene rings is 2. The maximum absolute atomic E-state index is 10.0. The molecule has 0 aliphatic heterocycles. The Morgan fingerprint density at radius 2 is 1.79 bits per heavy atom. The number of nitrogens with zero attached hydrogens (tertiary/aromatic N) is 3.